The molecule has 0 bridgehead atoms. The highest BCUT2D eigenvalue weighted by Gasteiger charge is 2.02. The third-order valence-electron chi connectivity index (χ3n) is 3.27. The summed E-state index contributed by atoms with van der Waals surface area (Å²) in [5.41, 5.74) is 0.947. The highest BCUT2D eigenvalue weighted by molar-refractivity contribution is 7.09. The molecule has 0 aliphatic heterocycles. The lowest BCUT2D eigenvalue weighted by atomic mass is 10.3. The van der Waals surface area contributed by atoms with Crippen LogP contribution in [0.3, 0.4) is 0 Å². The van der Waals surface area contributed by atoms with Gasteiger partial charge in [0.2, 0.25) is 0 Å². The Morgan fingerprint density at radius 2 is 2.22 bits per heavy atom. The molecule has 0 saturated carbocycles. The molecular weight excluding hydrogens is 310 g/mol. The molecule has 23 heavy (non-hydrogen) atoms. The van der Waals surface area contributed by atoms with Crippen molar-refractivity contribution in [2.45, 2.75) is 13.0 Å². The Hall–Kier alpha value is -2.67. The van der Waals surface area contributed by atoms with E-state index in [0.29, 0.717) is 13.1 Å². The molecule has 6 nitrogen and oxygen atoms in total. The molecule has 0 aromatic carbocycles. The van der Waals surface area contributed by atoms with E-state index in [-0.39, 0.29) is 6.03 Å². The van der Waals surface area contributed by atoms with Gasteiger partial charge in [0, 0.05) is 36.6 Å². The van der Waals surface area contributed by atoms with E-state index in [0.717, 1.165) is 17.8 Å². The van der Waals surface area contributed by atoms with Crippen molar-refractivity contribution < 1.29 is 4.79 Å². The van der Waals surface area contributed by atoms with E-state index in [1.54, 1.807) is 30.1 Å². The average Bonchev–Trinajstić information content (AvgIpc) is 3.27. The van der Waals surface area contributed by atoms with E-state index in [4.69, 9.17) is 0 Å². The minimum Gasteiger partial charge on any atom is -0.338 e. The van der Waals surface area contributed by atoms with Gasteiger partial charge in [-0.05, 0) is 29.5 Å². The maximum Gasteiger partial charge on any atom is 0.315 e. The molecule has 3 rings (SSSR count). The molecule has 0 spiro atoms. The molecule has 7 heteroatoms. The molecule has 0 unspecified atom stereocenters. The average molecular weight is 327 g/mol. The van der Waals surface area contributed by atoms with Gasteiger partial charge in [-0.25, -0.2) is 14.8 Å². The van der Waals surface area contributed by atoms with E-state index in [1.165, 1.54) is 4.88 Å². The summed E-state index contributed by atoms with van der Waals surface area (Å²) in [6.45, 7) is 1.08. The molecular formula is C16H17N5OS. The maximum atomic E-state index is 11.7. The summed E-state index contributed by atoms with van der Waals surface area (Å²) >= 11 is 1.70. The predicted molar refractivity (Wildman–Crippen MR) is 89.6 cm³/mol. The van der Waals surface area contributed by atoms with Crippen molar-refractivity contribution in [3.05, 3.63) is 65.0 Å². The summed E-state index contributed by atoms with van der Waals surface area (Å²) in [6, 6.07) is 7.75. The van der Waals surface area contributed by atoms with Gasteiger partial charge in [-0.15, -0.1) is 11.3 Å². The molecule has 3 aromatic rings. The van der Waals surface area contributed by atoms with Crippen molar-refractivity contribution in [3.63, 3.8) is 0 Å². The second-order valence-electron chi connectivity index (χ2n) is 4.93. The Balaban J connectivity index is 1.42. The summed E-state index contributed by atoms with van der Waals surface area (Å²) in [5, 5.41) is 7.71. The minimum atomic E-state index is -0.166. The van der Waals surface area contributed by atoms with E-state index < -0.39 is 0 Å². The van der Waals surface area contributed by atoms with Crippen LogP contribution >= 0.6 is 11.3 Å². The lowest BCUT2D eigenvalue weighted by Gasteiger charge is -2.08. The van der Waals surface area contributed by atoms with E-state index in [2.05, 4.69) is 26.7 Å². The molecule has 0 fully saturated rings. The number of urea groups is 1. The van der Waals surface area contributed by atoms with Crippen LogP contribution in [0.2, 0.25) is 0 Å². The summed E-state index contributed by atoms with van der Waals surface area (Å²) in [6.07, 6.45) is 7.84. The fourth-order valence-electron chi connectivity index (χ4n) is 2.07. The zero-order chi connectivity index (χ0) is 15.9. The molecule has 118 valence electrons. The first-order valence-electron chi connectivity index (χ1n) is 7.28. The first-order chi connectivity index (χ1) is 11.3. The molecule has 3 heterocycles. The van der Waals surface area contributed by atoms with Gasteiger partial charge in [0.05, 0.1) is 0 Å². The van der Waals surface area contributed by atoms with Gasteiger partial charge >= 0.3 is 6.03 Å². The summed E-state index contributed by atoms with van der Waals surface area (Å²) in [4.78, 5) is 21.3. The zero-order valence-corrected chi connectivity index (χ0v) is 13.3. The molecule has 0 aliphatic carbocycles. The van der Waals surface area contributed by atoms with Gasteiger partial charge in [-0.1, -0.05) is 12.1 Å². The molecule has 0 radical (unpaired) electrons. The van der Waals surface area contributed by atoms with Gasteiger partial charge in [0.25, 0.3) is 0 Å². The molecule has 2 N–H and O–H groups in total. The number of pyridine rings is 1. The summed E-state index contributed by atoms with van der Waals surface area (Å²) in [5.74, 6) is 0.798. The molecule has 0 aliphatic rings. The van der Waals surface area contributed by atoms with Crippen molar-refractivity contribution >= 4 is 17.4 Å². The third kappa shape index (κ3) is 4.40. The standard InChI is InChI=1S/C16H17N5OS/c22-16(18-6-5-14-2-1-9-23-14)20-11-13-3-4-15(19-10-13)21-8-7-17-12-21/h1-4,7-10,12H,5-6,11H2,(H2,18,20,22). The minimum absolute atomic E-state index is 0.166. The fraction of sp³-hybridized carbons (Fsp3) is 0.188. The third-order valence-corrected chi connectivity index (χ3v) is 4.20. The molecule has 0 atom stereocenters. The number of imidazole rings is 1. The Bertz CT molecular complexity index is 722. The molecule has 0 saturated heterocycles. The van der Waals surface area contributed by atoms with Crippen LogP contribution in [0, 0.1) is 0 Å². The number of aromatic nitrogens is 3. The van der Waals surface area contributed by atoms with E-state index in [1.807, 2.05) is 34.3 Å². The predicted octanol–water partition coefficient (Wildman–Crippen LogP) is 2.37. The number of thiophene rings is 1. The van der Waals surface area contributed by atoms with Crippen LogP contribution < -0.4 is 10.6 Å². The number of rotatable bonds is 6. The number of nitrogens with zero attached hydrogens (tertiary/aromatic N) is 3. The Morgan fingerprint density at radius 1 is 1.26 bits per heavy atom. The van der Waals surface area contributed by atoms with Crippen molar-refractivity contribution in [2.75, 3.05) is 6.54 Å². The maximum absolute atomic E-state index is 11.7. The number of amides is 2. The number of hydrogen-bond acceptors (Lipinski definition) is 4. The van der Waals surface area contributed by atoms with Crippen molar-refractivity contribution in [1.29, 1.82) is 0 Å². The lowest BCUT2D eigenvalue weighted by molar-refractivity contribution is 0.240. The number of hydrogen-bond donors (Lipinski definition) is 2. The van der Waals surface area contributed by atoms with Gasteiger partial charge in [0.1, 0.15) is 12.1 Å². The van der Waals surface area contributed by atoms with Crippen LogP contribution in [0.15, 0.2) is 54.6 Å². The topological polar surface area (TPSA) is 71.8 Å². The quantitative estimate of drug-likeness (QED) is 0.730. The van der Waals surface area contributed by atoms with Crippen LogP contribution in [-0.4, -0.2) is 27.1 Å². The zero-order valence-electron chi connectivity index (χ0n) is 12.5. The molecule has 2 amide bonds. The van der Waals surface area contributed by atoms with Crippen LogP contribution in [0.4, 0.5) is 4.79 Å². The van der Waals surface area contributed by atoms with Crippen LogP contribution in [0.25, 0.3) is 5.82 Å². The Labute approximate surface area is 138 Å². The monoisotopic (exact) mass is 327 g/mol. The number of nitrogens with one attached hydrogen (secondary N) is 2. The fourth-order valence-corrected chi connectivity index (χ4v) is 2.78. The Morgan fingerprint density at radius 3 is 2.91 bits per heavy atom. The van der Waals surface area contributed by atoms with Gasteiger partial charge < -0.3 is 10.6 Å². The van der Waals surface area contributed by atoms with E-state index >= 15 is 0 Å². The number of carbonyl (C=O) groups is 1. The summed E-state index contributed by atoms with van der Waals surface area (Å²) < 4.78 is 1.83. The molecule has 3 aromatic heterocycles. The van der Waals surface area contributed by atoms with Crippen molar-refractivity contribution in [1.82, 2.24) is 25.2 Å². The highest BCUT2D eigenvalue weighted by Crippen LogP contribution is 2.08. The normalized spacial score (nSPS) is 10.4. The number of carbonyl (C=O) groups excluding carboxylic acids is 1. The van der Waals surface area contributed by atoms with Crippen LogP contribution in [0.5, 0.6) is 0 Å². The highest BCUT2D eigenvalue weighted by atomic mass is 32.1. The van der Waals surface area contributed by atoms with Crippen molar-refractivity contribution in [2.24, 2.45) is 0 Å². The smallest absolute Gasteiger partial charge is 0.315 e. The SMILES string of the molecule is O=C(NCCc1cccs1)NCc1ccc(-n2ccnc2)nc1. The second kappa shape index (κ2) is 7.55. The van der Waals surface area contributed by atoms with Gasteiger partial charge in [0.15, 0.2) is 0 Å². The first-order valence-corrected chi connectivity index (χ1v) is 8.16. The van der Waals surface area contributed by atoms with Crippen LogP contribution in [-0.2, 0) is 13.0 Å². The summed E-state index contributed by atoms with van der Waals surface area (Å²) in [7, 11) is 0. The van der Waals surface area contributed by atoms with Gasteiger partial charge in [-0.3, -0.25) is 4.57 Å². The Kier molecular flexibility index (Phi) is 5.00. The largest absolute Gasteiger partial charge is 0.338 e. The van der Waals surface area contributed by atoms with Crippen molar-refractivity contribution in [3.8, 4) is 5.82 Å². The first kappa shape index (κ1) is 15.2. The lowest BCUT2D eigenvalue weighted by Crippen LogP contribution is -2.36. The van der Waals surface area contributed by atoms with Crippen LogP contribution in [0.1, 0.15) is 10.4 Å². The van der Waals surface area contributed by atoms with Gasteiger partial charge in [-0.2, -0.15) is 0 Å². The van der Waals surface area contributed by atoms with E-state index in [9.17, 15) is 4.79 Å². The second-order valence-corrected chi connectivity index (χ2v) is 5.97.